The van der Waals surface area contributed by atoms with E-state index in [4.69, 9.17) is 21.1 Å². The third kappa shape index (κ3) is 1.75. The van der Waals surface area contributed by atoms with Gasteiger partial charge in [-0.05, 0) is 42.5 Å². The number of halogens is 1. The van der Waals surface area contributed by atoms with Crippen molar-refractivity contribution < 1.29 is 9.47 Å². The van der Waals surface area contributed by atoms with Crippen molar-refractivity contribution >= 4 is 11.6 Å². The van der Waals surface area contributed by atoms with E-state index in [1.165, 1.54) is 24.0 Å². The van der Waals surface area contributed by atoms with Gasteiger partial charge in [-0.1, -0.05) is 6.42 Å². The fourth-order valence-electron chi connectivity index (χ4n) is 2.45. The number of rotatable bonds is 0. The van der Waals surface area contributed by atoms with Crippen molar-refractivity contribution in [1.82, 2.24) is 0 Å². The van der Waals surface area contributed by atoms with E-state index >= 15 is 0 Å². The Labute approximate surface area is 101 Å². The van der Waals surface area contributed by atoms with E-state index in [2.05, 4.69) is 12.1 Å². The zero-order chi connectivity index (χ0) is 11.0. The number of ether oxygens (including phenoxy) is 2. The number of benzene rings is 1. The summed E-state index contributed by atoms with van der Waals surface area (Å²) in [6, 6.07) is 4.19. The van der Waals surface area contributed by atoms with Crippen LogP contribution in [-0.4, -0.2) is 13.2 Å². The zero-order valence-corrected chi connectivity index (χ0v) is 9.93. The molecule has 0 aromatic heterocycles. The molecule has 1 atom stereocenters. The summed E-state index contributed by atoms with van der Waals surface area (Å²) < 4.78 is 11.2. The van der Waals surface area contributed by atoms with E-state index in [0.717, 1.165) is 24.3 Å². The molecule has 3 heteroatoms. The third-order valence-corrected chi connectivity index (χ3v) is 3.75. The lowest BCUT2D eigenvalue weighted by Gasteiger charge is -2.21. The first-order chi connectivity index (χ1) is 7.84. The van der Waals surface area contributed by atoms with Crippen LogP contribution in [0.2, 0.25) is 0 Å². The fourth-order valence-corrected chi connectivity index (χ4v) is 2.81. The Morgan fingerprint density at radius 3 is 2.62 bits per heavy atom. The van der Waals surface area contributed by atoms with Crippen molar-refractivity contribution in [3.05, 3.63) is 23.3 Å². The molecular formula is C13H15ClO2. The molecule has 16 heavy (non-hydrogen) atoms. The Morgan fingerprint density at radius 2 is 1.81 bits per heavy atom. The topological polar surface area (TPSA) is 18.5 Å². The van der Waals surface area contributed by atoms with Gasteiger partial charge in [-0.15, -0.1) is 11.6 Å². The molecule has 0 N–H and O–H groups in total. The van der Waals surface area contributed by atoms with Crippen LogP contribution in [0.1, 0.15) is 35.8 Å². The Morgan fingerprint density at radius 1 is 1.06 bits per heavy atom. The van der Waals surface area contributed by atoms with Crippen LogP contribution in [0.25, 0.3) is 0 Å². The molecule has 0 amide bonds. The molecule has 0 saturated carbocycles. The average molecular weight is 239 g/mol. The van der Waals surface area contributed by atoms with Crippen LogP contribution >= 0.6 is 11.6 Å². The molecule has 0 saturated heterocycles. The second-order valence-electron chi connectivity index (χ2n) is 4.41. The summed E-state index contributed by atoms with van der Waals surface area (Å²) in [6.45, 7) is 1.29. The van der Waals surface area contributed by atoms with E-state index < -0.39 is 0 Å². The van der Waals surface area contributed by atoms with E-state index in [0.29, 0.717) is 13.2 Å². The van der Waals surface area contributed by atoms with Crippen molar-refractivity contribution in [2.45, 2.75) is 31.1 Å². The quantitative estimate of drug-likeness (QED) is 0.509. The van der Waals surface area contributed by atoms with Gasteiger partial charge >= 0.3 is 0 Å². The van der Waals surface area contributed by atoms with Crippen LogP contribution in [0.15, 0.2) is 12.1 Å². The second kappa shape index (κ2) is 4.17. The van der Waals surface area contributed by atoms with Crippen LogP contribution in [0.3, 0.4) is 0 Å². The first-order valence-electron chi connectivity index (χ1n) is 5.91. The maximum atomic E-state index is 6.40. The van der Waals surface area contributed by atoms with Crippen LogP contribution in [0.5, 0.6) is 11.5 Å². The molecule has 2 aliphatic rings. The number of hydrogen-bond donors (Lipinski definition) is 0. The van der Waals surface area contributed by atoms with E-state index in [9.17, 15) is 0 Å². The minimum absolute atomic E-state index is 0.133. The Hall–Kier alpha value is -0.890. The fraction of sp³-hybridized carbons (Fsp3) is 0.538. The molecule has 0 fully saturated rings. The molecular weight excluding hydrogens is 224 g/mol. The standard InChI is InChI=1S/C13H15ClO2/c14-11-4-2-1-3-9-7-12-13(8-10(9)11)16-6-5-15-12/h7-8,11H,1-6H2. The van der Waals surface area contributed by atoms with E-state index in [1.54, 1.807) is 0 Å². The van der Waals surface area contributed by atoms with Gasteiger partial charge in [0.1, 0.15) is 13.2 Å². The molecule has 1 aromatic rings. The second-order valence-corrected chi connectivity index (χ2v) is 4.93. The van der Waals surface area contributed by atoms with Crippen molar-refractivity contribution in [3.63, 3.8) is 0 Å². The van der Waals surface area contributed by atoms with Gasteiger partial charge in [-0.25, -0.2) is 0 Å². The van der Waals surface area contributed by atoms with Gasteiger partial charge in [0.2, 0.25) is 0 Å². The lowest BCUT2D eigenvalue weighted by molar-refractivity contribution is 0.171. The Kier molecular flexibility index (Phi) is 2.68. The third-order valence-electron chi connectivity index (χ3n) is 3.30. The van der Waals surface area contributed by atoms with Crippen molar-refractivity contribution in [3.8, 4) is 11.5 Å². The summed E-state index contributed by atoms with van der Waals surface area (Å²) >= 11 is 6.40. The maximum absolute atomic E-state index is 6.40. The molecule has 86 valence electrons. The molecule has 0 bridgehead atoms. The minimum Gasteiger partial charge on any atom is -0.486 e. The molecule has 1 aromatic carbocycles. The molecule has 1 aliphatic carbocycles. The maximum Gasteiger partial charge on any atom is 0.161 e. The summed E-state index contributed by atoms with van der Waals surface area (Å²) in [5, 5.41) is 0.133. The molecule has 1 aliphatic heterocycles. The summed E-state index contributed by atoms with van der Waals surface area (Å²) in [4.78, 5) is 0. The highest BCUT2D eigenvalue weighted by molar-refractivity contribution is 6.21. The van der Waals surface area contributed by atoms with Gasteiger partial charge in [0.05, 0.1) is 5.38 Å². The molecule has 2 nitrogen and oxygen atoms in total. The van der Waals surface area contributed by atoms with Gasteiger partial charge in [-0.3, -0.25) is 0 Å². The normalized spacial score (nSPS) is 23.4. The lowest BCUT2D eigenvalue weighted by atomic mass is 10.0. The van der Waals surface area contributed by atoms with E-state index in [-0.39, 0.29) is 5.38 Å². The van der Waals surface area contributed by atoms with Crippen molar-refractivity contribution in [1.29, 1.82) is 0 Å². The molecule has 3 rings (SSSR count). The average Bonchev–Trinajstić information content (AvgIpc) is 2.49. The monoisotopic (exact) mass is 238 g/mol. The van der Waals surface area contributed by atoms with Gasteiger partial charge < -0.3 is 9.47 Å². The van der Waals surface area contributed by atoms with Crippen LogP contribution in [0, 0.1) is 0 Å². The smallest absolute Gasteiger partial charge is 0.161 e. The van der Waals surface area contributed by atoms with Gasteiger partial charge in [0.15, 0.2) is 11.5 Å². The zero-order valence-electron chi connectivity index (χ0n) is 9.17. The first-order valence-corrected chi connectivity index (χ1v) is 6.35. The lowest BCUT2D eigenvalue weighted by Crippen LogP contribution is -2.16. The Bertz CT molecular complexity index is 403. The van der Waals surface area contributed by atoms with E-state index in [1.807, 2.05) is 0 Å². The number of aryl methyl sites for hydroxylation is 1. The number of hydrogen-bond acceptors (Lipinski definition) is 2. The van der Waals surface area contributed by atoms with Gasteiger partial charge in [0, 0.05) is 0 Å². The first kappa shape index (κ1) is 10.3. The number of alkyl halides is 1. The van der Waals surface area contributed by atoms with Crippen molar-refractivity contribution in [2.24, 2.45) is 0 Å². The largest absolute Gasteiger partial charge is 0.486 e. The minimum atomic E-state index is 0.133. The van der Waals surface area contributed by atoms with Gasteiger partial charge in [0.25, 0.3) is 0 Å². The van der Waals surface area contributed by atoms with Crippen LogP contribution in [0.4, 0.5) is 0 Å². The van der Waals surface area contributed by atoms with Crippen LogP contribution < -0.4 is 9.47 Å². The Balaban J connectivity index is 2.06. The summed E-state index contributed by atoms with van der Waals surface area (Å²) in [5.41, 5.74) is 2.57. The molecule has 0 spiro atoms. The molecule has 0 radical (unpaired) electrons. The van der Waals surface area contributed by atoms with Crippen molar-refractivity contribution in [2.75, 3.05) is 13.2 Å². The predicted molar refractivity (Wildman–Crippen MR) is 63.6 cm³/mol. The SMILES string of the molecule is ClC1CCCCc2cc3c(cc21)OCCO3. The number of fused-ring (bicyclic) bond motifs is 2. The summed E-state index contributed by atoms with van der Waals surface area (Å²) in [7, 11) is 0. The van der Waals surface area contributed by atoms with Crippen LogP contribution in [-0.2, 0) is 6.42 Å². The van der Waals surface area contributed by atoms with Gasteiger partial charge in [-0.2, -0.15) is 0 Å². The molecule has 1 heterocycles. The predicted octanol–water partition coefficient (Wildman–Crippen LogP) is 3.46. The highest BCUT2D eigenvalue weighted by Crippen LogP contribution is 2.40. The highest BCUT2D eigenvalue weighted by Gasteiger charge is 2.21. The highest BCUT2D eigenvalue weighted by atomic mass is 35.5. The summed E-state index contributed by atoms with van der Waals surface area (Å²) in [5.74, 6) is 1.74. The molecule has 1 unspecified atom stereocenters. The summed E-state index contributed by atoms with van der Waals surface area (Å²) in [6.07, 6.45) is 4.59.